The fraction of sp³-hybridized carbons (Fsp3) is 0.0769. The lowest BCUT2D eigenvalue weighted by atomic mass is 10.1. The van der Waals surface area contributed by atoms with Gasteiger partial charge in [0.15, 0.2) is 0 Å². The van der Waals surface area contributed by atoms with Crippen molar-refractivity contribution in [2.24, 2.45) is 5.73 Å². The molecule has 19 heavy (non-hydrogen) atoms. The van der Waals surface area contributed by atoms with Crippen LogP contribution in [0.3, 0.4) is 0 Å². The zero-order chi connectivity index (χ0) is 13.8. The number of carbonyl (C=O) groups excluding carboxylic acids is 2. The third kappa shape index (κ3) is 3.42. The predicted octanol–water partition coefficient (Wildman–Crippen LogP) is 2.47. The lowest BCUT2D eigenvalue weighted by molar-refractivity contribution is -0.120. The van der Waals surface area contributed by atoms with Crippen LogP contribution in [0, 0.1) is 0 Å². The van der Waals surface area contributed by atoms with Gasteiger partial charge in [0, 0.05) is 9.85 Å². The summed E-state index contributed by atoms with van der Waals surface area (Å²) in [6.07, 6.45) is 0. The van der Waals surface area contributed by atoms with E-state index in [0.29, 0.717) is 10.4 Å². The van der Waals surface area contributed by atoms with Crippen LogP contribution < -0.4 is 11.1 Å². The molecule has 0 saturated carbocycles. The summed E-state index contributed by atoms with van der Waals surface area (Å²) in [5.74, 6) is -0.904. The molecule has 2 amide bonds. The number of amides is 2. The molecule has 3 N–H and O–H groups in total. The molecule has 2 rings (SSSR count). The van der Waals surface area contributed by atoms with Gasteiger partial charge >= 0.3 is 0 Å². The van der Waals surface area contributed by atoms with Crippen molar-refractivity contribution >= 4 is 39.1 Å². The number of rotatable bonds is 4. The van der Waals surface area contributed by atoms with Gasteiger partial charge in [-0.3, -0.25) is 9.59 Å². The summed E-state index contributed by atoms with van der Waals surface area (Å²) >= 11 is 4.57. The molecule has 1 aromatic carbocycles. The molecule has 1 aromatic heterocycles. The minimum atomic E-state index is -0.824. The van der Waals surface area contributed by atoms with E-state index in [1.807, 2.05) is 6.07 Å². The maximum atomic E-state index is 12.0. The van der Waals surface area contributed by atoms with Crippen molar-refractivity contribution < 1.29 is 9.59 Å². The number of carbonyl (C=O) groups is 2. The van der Waals surface area contributed by atoms with Crippen LogP contribution >= 0.6 is 27.3 Å². The van der Waals surface area contributed by atoms with Crippen molar-refractivity contribution in [2.75, 3.05) is 0 Å². The van der Waals surface area contributed by atoms with E-state index in [0.717, 1.165) is 4.47 Å². The fourth-order valence-electron chi connectivity index (χ4n) is 1.60. The summed E-state index contributed by atoms with van der Waals surface area (Å²) in [6.45, 7) is 0. The molecule has 0 saturated heterocycles. The second-order valence-electron chi connectivity index (χ2n) is 3.85. The topological polar surface area (TPSA) is 72.2 Å². The number of hydrogen-bond donors (Lipinski definition) is 2. The monoisotopic (exact) mass is 338 g/mol. The Hall–Kier alpha value is -1.66. The Morgan fingerprint density at radius 3 is 2.47 bits per heavy atom. The fourth-order valence-corrected chi connectivity index (χ4v) is 2.93. The first-order valence-electron chi connectivity index (χ1n) is 5.47. The van der Waals surface area contributed by atoms with Crippen molar-refractivity contribution in [1.29, 1.82) is 0 Å². The number of halogens is 1. The van der Waals surface area contributed by atoms with E-state index in [-0.39, 0.29) is 5.91 Å². The lowest BCUT2D eigenvalue weighted by Crippen LogP contribution is -2.37. The minimum Gasteiger partial charge on any atom is -0.368 e. The lowest BCUT2D eigenvalue weighted by Gasteiger charge is -2.15. The number of hydrogen-bond acceptors (Lipinski definition) is 3. The van der Waals surface area contributed by atoms with Crippen LogP contribution in [-0.2, 0) is 4.79 Å². The van der Waals surface area contributed by atoms with Gasteiger partial charge in [-0.15, -0.1) is 11.3 Å². The molecule has 1 atom stereocenters. The zero-order valence-electron chi connectivity index (χ0n) is 9.80. The van der Waals surface area contributed by atoms with E-state index in [2.05, 4.69) is 21.2 Å². The highest BCUT2D eigenvalue weighted by molar-refractivity contribution is 9.10. The first kappa shape index (κ1) is 13.8. The van der Waals surface area contributed by atoms with Crippen LogP contribution in [0.1, 0.15) is 21.3 Å². The second kappa shape index (κ2) is 5.99. The van der Waals surface area contributed by atoms with Crippen molar-refractivity contribution in [3.05, 3.63) is 56.7 Å². The van der Waals surface area contributed by atoms with Gasteiger partial charge in [0.25, 0.3) is 5.91 Å². The molecule has 0 bridgehead atoms. The third-order valence-corrected chi connectivity index (χ3v) is 4.17. The number of nitrogens with one attached hydrogen (secondary N) is 1. The predicted molar refractivity (Wildman–Crippen MR) is 77.9 cm³/mol. The van der Waals surface area contributed by atoms with Crippen molar-refractivity contribution in [1.82, 2.24) is 5.32 Å². The number of benzene rings is 1. The van der Waals surface area contributed by atoms with Crippen LogP contribution in [0.4, 0.5) is 0 Å². The molecule has 1 heterocycles. The summed E-state index contributed by atoms with van der Waals surface area (Å²) < 4.78 is 0.831. The maximum Gasteiger partial charge on any atom is 0.262 e. The first-order valence-corrected chi connectivity index (χ1v) is 7.14. The van der Waals surface area contributed by atoms with Crippen LogP contribution in [-0.4, -0.2) is 11.8 Å². The molecular formula is C13H11BrN2O2S. The molecule has 98 valence electrons. The van der Waals surface area contributed by atoms with E-state index >= 15 is 0 Å². The largest absolute Gasteiger partial charge is 0.368 e. The molecule has 0 spiro atoms. The molecule has 6 heteroatoms. The quantitative estimate of drug-likeness (QED) is 0.898. The van der Waals surface area contributed by atoms with Crippen LogP contribution in [0.5, 0.6) is 0 Å². The molecule has 4 nitrogen and oxygen atoms in total. The SMILES string of the molecule is NC(=O)[C@H](NC(=O)c1cc(Br)cs1)c1ccccc1. The number of nitrogens with two attached hydrogens (primary N) is 1. The Kier molecular flexibility index (Phi) is 4.34. The summed E-state index contributed by atoms with van der Waals surface area (Å²) in [6, 6.07) is 9.79. The van der Waals surface area contributed by atoms with Crippen molar-refractivity contribution in [3.8, 4) is 0 Å². The van der Waals surface area contributed by atoms with E-state index in [4.69, 9.17) is 5.73 Å². The van der Waals surface area contributed by atoms with Gasteiger partial charge < -0.3 is 11.1 Å². The average molecular weight is 339 g/mol. The highest BCUT2D eigenvalue weighted by Crippen LogP contribution is 2.21. The Bertz CT molecular complexity index is 598. The first-order chi connectivity index (χ1) is 9.08. The summed E-state index contributed by atoms with van der Waals surface area (Å²) in [5, 5.41) is 4.44. The Labute approximate surface area is 122 Å². The van der Waals surface area contributed by atoms with Crippen LogP contribution in [0.2, 0.25) is 0 Å². The molecule has 0 radical (unpaired) electrons. The summed E-state index contributed by atoms with van der Waals surface area (Å²) in [7, 11) is 0. The van der Waals surface area contributed by atoms with E-state index in [1.165, 1.54) is 11.3 Å². The summed E-state index contributed by atoms with van der Waals surface area (Å²) in [5.41, 5.74) is 6.01. The van der Waals surface area contributed by atoms with Crippen molar-refractivity contribution in [3.63, 3.8) is 0 Å². The molecular weight excluding hydrogens is 328 g/mol. The van der Waals surface area contributed by atoms with Gasteiger partial charge in [0.05, 0.1) is 4.88 Å². The van der Waals surface area contributed by atoms with Crippen molar-refractivity contribution in [2.45, 2.75) is 6.04 Å². The molecule has 2 aromatic rings. The standard InChI is InChI=1S/C13H11BrN2O2S/c14-9-6-10(19-7-9)13(18)16-11(12(15)17)8-4-2-1-3-5-8/h1-7,11H,(H2,15,17)(H,16,18)/t11-/m1/s1. The molecule has 0 aliphatic rings. The molecule has 0 aliphatic carbocycles. The third-order valence-electron chi connectivity index (χ3n) is 2.48. The van der Waals surface area contributed by atoms with Gasteiger partial charge in [-0.05, 0) is 27.6 Å². The van der Waals surface area contributed by atoms with E-state index in [1.54, 1.807) is 35.7 Å². The van der Waals surface area contributed by atoms with Crippen LogP contribution in [0.15, 0.2) is 46.3 Å². The highest BCUT2D eigenvalue weighted by Gasteiger charge is 2.21. The Morgan fingerprint density at radius 1 is 1.26 bits per heavy atom. The Balaban J connectivity index is 2.18. The van der Waals surface area contributed by atoms with Gasteiger partial charge in [-0.25, -0.2) is 0 Å². The number of primary amides is 1. The summed E-state index contributed by atoms with van der Waals surface area (Å²) in [4.78, 5) is 24.0. The van der Waals surface area contributed by atoms with Gasteiger partial charge in [-0.2, -0.15) is 0 Å². The van der Waals surface area contributed by atoms with Gasteiger partial charge in [0.1, 0.15) is 6.04 Å². The van der Waals surface area contributed by atoms with Gasteiger partial charge in [0.2, 0.25) is 5.91 Å². The highest BCUT2D eigenvalue weighted by atomic mass is 79.9. The molecule has 0 unspecified atom stereocenters. The number of thiophene rings is 1. The minimum absolute atomic E-state index is 0.316. The van der Waals surface area contributed by atoms with E-state index < -0.39 is 11.9 Å². The normalized spacial score (nSPS) is 11.8. The van der Waals surface area contributed by atoms with Crippen LogP contribution in [0.25, 0.3) is 0 Å². The average Bonchev–Trinajstić information content (AvgIpc) is 2.83. The van der Waals surface area contributed by atoms with Gasteiger partial charge in [-0.1, -0.05) is 30.3 Å². The second-order valence-corrected chi connectivity index (χ2v) is 5.68. The Morgan fingerprint density at radius 2 is 1.95 bits per heavy atom. The zero-order valence-corrected chi connectivity index (χ0v) is 12.2. The van der Waals surface area contributed by atoms with E-state index in [9.17, 15) is 9.59 Å². The molecule has 0 fully saturated rings. The molecule has 0 aliphatic heterocycles. The maximum absolute atomic E-state index is 12.0. The smallest absolute Gasteiger partial charge is 0.262 e.